The van der Waals surface area contributed by atoms with Gasteiger partial charge < -0.3 is 16.4 Å². The van der Waals surface area contributed by atoms with Gasteiger partial charge in [-0.1, -0.05) is 0 Å². The molecule has 1 aromatic rings. The van der Waals surface area contributed by atoms with E-state index in [2.05, 4.69) is 10.6 Å². The first-order chi connectivity index (χ1) is 9.99. The first kappa shape index (κ1) is 16.9. The molecule has 0 fully saturated rings. The van der Waals surface area contributed by atoms with E-state index in [1.807, 2.05) is 6.92 Å². The van der Waals surface area contributed by atoms with Gasteiger partial charge >= 0.3 is 0 Å². The van der Waals surface area contributed by atoms with Gasteiger partial charge in [-0.2, -0.15) is 0 Å². The minimum absolute atomic E-state index is 0.0150. The van der Waals surface area contributed by atoms with Crippen LogP contribution in [0.4, 0.5) is 11.4 Å². The molecule has 21 heavy (non-hydrogen) atoms. The molecular weight excluding hydrogens is 272 g/mol. The van der Waals surface area contributed by atoms with E-state index in [1.54, 1.807) is 12.1 Å². The number of non-ortho nitro benzene ring substituents is 1. The molecule has 1 amide bonds. The Morgan fingerprint density at radius 2 is 2.00 bits per heavy atom. The molecule has 0 heterocycles. The third-order valence-electron chi connectivity index (χ3n) is 2.91. The van der Waals surface area contributed by atoms with Gasteiger partial charge in [0.05, 0.1) is 4.92 Å². The third kappa shape index (κ3) is 7.26. The molecule has 0 bridgehead atoms. The number of nitrogens with one attached hydrogen (secondary N) is 2. The molecule has 0 aliphatic rings. The Labute approximate surface area is 124 Å². The zero-order valence-electron chi connectivity index (χ0n) is 12.2. The number of amides is 1. The summed E-state index contributed by atoms with van der Waals surface area (Å²) in [5, 5.41) is 16.4. The number of rotatable bonds is 9. The molecule has 7 nitrogen and oxygen atoms in total. The maximum absolute atomic E-state index is 11.5. The predicted molar refractivity (Wildman–Crippen MR) is 82.1 cm³/mol. The third-order valence-corrected chi connectivity index (χ3v) is 2.91. The second kappa shape index (κ2) is 8.91. The van der Waals surface area contributed by atoms with Gasteiger partial charge in [0, 0.05) is 43.4 Å². The fourth-order valence-corrected chi connectivity index (χ4v) is 1.71. The molecule has 1 atom stereocenters. The zero-order valence-corrected chi connectivity index (χ0v) is 12.2. The molecule has 1 unspecified atom stereocenters. The average Bonchev–Trinajstić information content (AvgIpc) is 2.43. The number of hydrogen-bond acceptors (Lipinski definition) is 5. The van der Waals surface area contributed by atoms with Crippen LogP contribution in [0.1, 0.15) is 26.2 Å². The summed E-state index contributed by atoms with van der Waals surface area (Å²) >= 11 is 0. The number of carbonyl (C=O) groups is 1. The van der Waals surface area contributed by atoms with Crippen molar-refractivity contribution in [1.82, 2.24) is 5.32 Å². The Bertz CT molecular complexity index is 460. The molecule has 7 heteroatoms. The SMILES string of the molecule is CC(N)CCNC(=O)CCCNc1ccc([N+](=O)[O-])cc1. The van der Waals surface area contributed by atoms with Crippen LogP contribution in [0.25, 0.3) is 0 Å². The number of nitrogens with two attached hydrogens (primary N) is 1. The van der Waals surface area contributed by atoms with Gasteiger partial charge in [0.25, 0.3) is 5.69 Å². The van der Waals surface area contributed by atoms with Crippen molar-refractivity contribution in [2.45, 2.75) is 32.2 Å². The lowest BCUT2D eigenvalue weighted by Crippen LogP contribution is -2.29. The van der Waals surface area contributed by atoms with E-state index in [0.29, 0.717) is 25.9 Å². The van der Waals surface area contributed by atoms with Crippen LogP contribution in [0.5, 0.6) is 0 Å². The minimum atomic E-state index is -0.434. The van der Waals surface area contributed by atoms with Gasteiger partial charge in [-0.15, -0.1) is 0 Å². The summed E-state index contributed by atoms with van der Waals surface area (Å²) in [5.41, 5.74) is 6.46. The van der Waals surface area contributed by atoms with E-state index in [4.69, 9.17) is 5.73 Å². The standard InChI is InChI=1S/C14H22N4O3/c1-11(15)8-10-17-14(19)3-2-9-16-12-4-6-13(7-5-12)18(20)21/h4-7,11,16H,2-3,8-10,15H2,1H3,(H,17,19). The fourth-order valence-electron chi connectivity index (χ4n) is 1.71. The van der Waals surface area contributed by atoms with E-state index in [0.717, 1.165) is 12.1 Å². The Morgan fingerprint density at radius 1 is 1.33 bits per heavy atom. The van der Waals surface area contributed by atoms with E-state index >= 15 is 0 Å². The normalized spacial score (nSPS) is 11.7. The Morgan fingerprint density at radius 3 is 2.57 bits per heavy atom. The van der Waals surface area contributed by atoms with Gasteiger partial charge in [-0.05, 0) is 31.9 Å². The van der Waals surface area contributed by atoms with Crippen molar-refractivity contribution in [2.24, 2.45) is 5.73 Å². The second-order valence-corrected chi connectivity index (χ2v) is 4.95. The molecule has 116 valence electrons. The van der Waals surface area contributed by atoms with E-state index in [-0.39, 0.29) is 17.6 Å². The zero-order chi connectivity index (χ0) is 15.7. The van der Waals surface area contributed by atoms with Crippen LogP contribution >= 0.6 is 0 Å². The molecule has 0 radical (unpaired) electrons. The van der Waals surface area contributed by atoms with Crippen molar-refractivity contribution in [1.29, 1.82) is 0 Å². The summed E-state index contributed by atoms with van der Waals surface area (Å²) < 4.78 is 0. The lowest BCUT2D eigenvalue weighted by atomic mass is 10.2. The topological polar surface area (TPSA) is 110 Å². The Kier molecular flexibility index (Phi) is 7.17. The highest BCUT2D eigenvalue weighted by atomic mass is 16.6. The molecular formula is C14H22N4O3. The molecule has 1 aromatic carbocycles. The maximum atomic E-state index is 11.5. The van der Waals surface area contributed by atoms with Crippen molar-refractivity contribution in [3.63, 3.8) is 0 Å². The number of hydrogen-bond donors (Lipinski definition) is 3. The van der Waals surface area contributed by atoms with Crippen LogP contribution in [0.3, 0.4) is 0 Å². The average molecular weight is 294 g/mol. The fraction of sp³-hybridized carbons (Fsp3) is 0.500. The van der Waals surface area contributed by atoms with Crippen LogP contribution in [0.15, 0.2) is 24.3 Å². The summed E-state index contributed by atoms with van der Waals surface area (Å²) in [6.07, 6.45) is 1.91. The van der Waals surface area contributed by atoms with Gasteiger partial charge in [-0.3, -0.25) is 14.9 Å². The van der Waals surface area contributed by atoms with Crippen molar-refractivity contribution in [3.8, 4) is 0 Å². The predicted octanol–water partition coefficient (Wildman–Crippen LogP) is 1.64. The van der Waals surface area contributed by atoms with Crippen molar-refractivity contribution < 1.29 is 9.72 Å². The van der Waals surface area contributed by atoms with Crippen LogP contribution in [0.2, 0.25) is 0 Å². The summed E-state index contributed by atoms with van der Waals surface area (Å²) in [5.74, 6) is 0.0150. The molecule has 0 aliphatic carbocycles. The van der Waals surface area contributed by atoms with Gasteiger partial charge in [0.15, 0.2) is 0 Å². The minimum Gasteiger partial charge on any atom is -0.385 e. The van der Waals surface area contributed by atoms with E-state index in [1.165, 1.54) is 12.1 Å². The molecule has 1 rings (SSSR count). The number of nitro groups is 1. The van der Waals surface area contributed by atoms with Gasteiger partial charge in [0.2, 0.25) is 5.91 Å². The number of anilines is 1. The molecule has 4 N–H and O–H groups in total. The number of nitrogens with zero attached hydrogens (tertiary/aromatic N) is 1. The van der Waals surface area contributed by atoms with Crippen LogP contribution in [-0.2, 0) is 4.79 Å². The second-order valence-electron chi connectivity index (χ2n) is 4.95. The highest BCUT2D eigenvalue weighted by Crippen LogP contribution is 2.15. The van der Waals surface area contributed by atoms with Gasteiger partial charge in [0.1, 0.15) is 0 Å². The summed E-state index contributed by atoms with van der Waals surface area (Å²) in [7, 11) is 0. The van der Waals surface area contributed by atoms with Crippen molar-refractivity contribution in [3.05, 3.63) is 34.4 Å². The van der Waals surface area contributed by atoms with Crippen molar-refractivity contribution >= 4 is 17.3 Å². The smallest absolute Gasteiger partial charge is 0.269 e. The molecule has 0 spiro atoms. The lowest BCUT2D eigenvalue weighted by Gasteiger charge is -2.08. The first-order valence-corrected chi connectivity index (χ1v) is 6.99. The summed E-state index contributed by atoms with van der Waals surface area (Å²) in [6.45, 7) is 3.14. The summed E-state index contributed by atoms with van der Waals surface area (Å²) in [4.78, 5) is 21.6. The quantitative estimate of drug-likeness (QED) is 0.364. The highest BCUT2D eigenvalue weighted by molar-refractivity contribution is 5.75. The van der Waals surface area contributed by atoms with E-state index < -0.39 is 4.92 Å². The van der Waals surface area contributed by atoms with Crippen molar-refractivity contribution in [2.75, 3.05) is 18.4 Å². The number of benzene rings is 1. The van der Waals surface area contributed by atoms with Crippen LogP contribution < -0.4 is 16.4 Å². The molecule has 0 saturated carbocycles. The number of carbonyl (C=O) groups excluding carboxylic acids is 1. The first-order valence-electron chi connectivity index (χ1n) is 6.99. The van der Waals surface area contributed by atoms with Crippen LogP contribution in [0, 0.1) is 10.1 Å². The Balaban J connectivity index is 2.16. The summed E-state index contributed by atoms with van der Waals surface area (Å²) in [6, 6.07) is 6.29. The molecule has 0 saturated heterocycles. The number of nitro benzene ring substituents is 1. The Hall–Kier alpha value is -2.15. The highest BCUT2D eigenvalue weighted by Gasteiger charge is 2.04. The van der Waals surface area contributed by atoms with Crippen LogP contribution in [-0.4, -0.2) is 30.0 Å². The molecule has 0 aliphatic heterocycles. The van der Waals surface area contributed by atoms with E-state index in [9.17, 15) is 14.9 Å². The largest absolute Gasteiger partial charge is 0.385 e. The maximum Gasteiger partial charge on any atom is 0.269 e. The lowest BCUT2D eigenvalue weighted by molar-refractivity contribution is -0.384. The van der Waals surface area contributed by atoms with Gasteiger partial charge in [-0.25, -0.2) is 0 Å². The molecule has 0 aromatic heterocycles. The monoisotopic (exact) mass is 294 g/mol.